The Labute approximate surface area is 132 Å². The first-order valence-electron chi connectivity index (χ1n) is 6.17. The number of aryl methyl sites for hydroxylation is 2. The highest BCUT2D eigenvalue weighted by atomic mass is 35.5. The van der Waals surface area contributed by atoms with Gasteiger partial charge in [-0.1, -0.05) is 23.2 Å². The maximum atomic E-state index is 11.4. The number of nitrogens with one attached hydrogen (secondary N) is 1. The molecule has 0 atom stereocenters. The molecule has 0 fully saturated rings. The van der Waals surface area contributed by atoms with Crippen molar-refractivity contribution in [2.45, 2.75) is 19.4 Å². The van der Waals surface area contributed by atoms with Gasteiger partial charge in [-0.2, -0.15) is 0 Å². The summed E-state index contributed by atoms with van der Waals surface area (Å²) in [6.07, 6.45) is 0.997. The van der Waals surface area contributed by atoms with Crippen LogP contribution in [0.4, 0.5) is 0 Å². The number of hydrogen-bond acceptors (Lipinski definition) is 2. The standard InChI is InChI=1S/C13H14Cl3N3O/c1-17-13(20)3-5-19-11-7-9(16)8(15)6-10(11)18-12(19)2-4-14/h6-7H,2-5H2,1H3,(H,17,20). The molecule has 0 aliphatic rings. The topological polar surface area (TPSA) is 46.9 Å². The average molecular weight is 335 g/mol. The van der Waals surface area contributed by atoms with Gasteiger partial charge in [0.05, 0.1) is 21.1 Å². The van der Waals surface area contributed by atoms with Crippen molar-refractivity contribution in [3.63, 3.8) is 0 Å². The van der Waals surface area contributed by atoms with Gasteiger partial charge in [-0.05, 0) is 12.1 Å². The molecule has 1 N–H and O–H groups in total. The molecular formula is C13H14Cl3N3O. The molecule has 108 valence electrons. The lowest BCUT2D eigenvalue weighted by Gasteiger charge is -2.08. The van der Waals surface area contributed by atoms with Crippen molar-refractivity contribution < 1.29 is 4.79 Å². The van der Waals surface area contributed by atoms with E-state index in [-0.39, 0.29) is 5.91 Å². The van der Waals surface area contributed by atoms with E-state index in [1.54, 1.807) is 19.2 Å². The largest absolute Gasteiger partial charge is 0.359 e. The number of carbonyl (C=O) groups excluding carboxylic acids is 1. The molecule has 1 amide bonds. The fraction of sp³-hybridized carbons (Fsp3) is 0.385. The first-order chi connectivity index (χ1) is 9.56. The monoisotopic (exact) mass is 333 g/mol. The van der Waals surface area contributed by atoms with E-state index in [4.69, 9.17) is 34.8 Å². The number of fused-ring (bicyclic) bond motifs is 1. The summed E-state index contributed by atoms with van der Waals surface area (Å²) in [4.78, 5) is 15.9. The summed E-state index contributed by atoms with van der Waals surface area (Å²) in [5.41, 5.74) is 1.62. The van der Waals surface area contributed by atoms with Crippen LogP contribution in [0, 0.1) is 0 Å². The number of benzene rings is 1. The number of imidazole rings is 1. The summed E-state index contributed by atoms with van der Waals surface area (Å²) in [6.45, 7) is 0.528. The third-order valence-electron chi connectivity index (χ3n) is 3.03. The second-order valence-electron chi connectivity index (χ2n) is 4.30. The van der Waals surface area contributed by atoms with Gasteiger partial charge in [0.25, 0.3) is 0 Å². The van der Waals surface area contributed by atoms with Crippen LogP contribution in [-0.4, -0.2) is 28.4 Å². The molecule has 4 nitrogen and oxygen atoms in total. The van der Waals surface area contributed by atoms with Crippen LogP contribution >= 0.6 is 34.8 Å². The zero-order chi connectivity index (χ0) is 14.7. The molecule has 0 unspecified atom stereocenters. The van der Waals surface area contributed by atoms with E-state index in [0.717, 1.165) is 16.9 Å². The lowest BCUT2D eigenvalue weighted by atomic mass is 10.3. The van der Waals surface area contributed by atoms with Gasteiger partial charge in [0, 0.05) is 32.3 Å². The van der Waals surface area contributed by atoms with Crippen molar-refractivity contribution in [1.82, 2.24) is 14.9 Å². The summed E-state index contributed by atoms with van der Waals surface area (Å²) in [5, 5.41) is 3.54. The summed E-state index contributed by atoms with van der Waals surface area (Å²) < 4.78 is 1.97. The maximum Gasteiger partial charge on any atom is 0.221 e. The number of carbonyl (C=O) groups is 1. The Morgan fingerprint density at radius 1 is 1.35 bits per heavy atom. The van der Waals surface area contributed by atoms with E-state index in [1.165, 1.54) is 0 Å². The highest BCUT2D eigenvalue weighted by Crippen LogP contribution is 2.28. The third-order valence-corrected chi connectivity index (χ3v) is 3.94. The quantitative estimate of drug-likeness (QED) is 0.853. The number of aromatic nitrogens is 2. The molecule has 1 aromatic carbocycles. The minimum Gasteiger partial charge on any atom is -0.359 e. The molecular weight excluding hydrogens is 321 g/mol. The van der Waals surface area contributed by atoms with E-state index in [0.29, 0.717) is 35.3 Å². The Hall–Kier alpha value is -0.970. The normalized spacial score (nSPS) is 11.0. The molecule has 0 saturated carbocycles. The predicted octanol–water partition coefficient (Wildman–Crippen LogP) is 3.26. The smallest absolute Gasteiger partial charge is 0.221 e. The van der Waals surface area contributed by atoms with Crippen molar-refractivity contribution in [1.29, 1.82) is 0 Å². The Morgan fingerprint density at radius 3 is 2.70 bits per heavy atom. The molecule has 0 bridgehead atoms. The molecule has 20 heavy (non-hydrogen) atoms. The molecule has 1 heterocycles. The van der Waals surface area contributed by atoms with Gasteiger partial charge in [0.1, 0.15) is 5.82 Å². The summed E-state index contributed by atoms with van der Waals surface area (Å²) in [7, 11) is 1.62. The van der Waals surface area contributed by atoms with Gasteiger partial charge >= 0.3 is 0 Å². The van der Waals surface area contributed by atoms with Gasteiger partial charge in [-0.15, -0.1) is 11.6 Å². The highest BCUT2D eigenvalue weighted by Gasteiger charge is 2.13. The number of alkyl halides is 1. The number of nitrogens with zero attached hydrogens (tertiary/aromatic N) is 2. The van der Waals surface area contributed by atoms with Crippen LogP contribution in [0.15, 0.2) is 12.1 Å². The summed E-state index contributed by atoms with van der Waals surface area (Å²) >= 11 is 17.9. The van der Waals surface area contributed by atoms with Gasteiger partial charge in [0.15, 0.2) is 0 Å². The van der Waals surface area contributed by atoms with Crippen LogP contribution < -0.4 is 5.32 Å². The molecule has 0 spiro atoms. The second kappa shape index (κ2) is 6.66. The van der Waals surface area contributed by atoms with Gasteiger partial charge < -0.3 is 9.88 Å². The van der Waals surface area contributed by atoms with Crippen LogP contribution in [0.3, 0.4) is 0 Å². The first-order valence-corrected chi connectivity index (χ1v) is 7.46. The number of hydrogen-bond donors (Lipinski definition) is 1. The Balaban J connectivity index is 2.44. The zero-order valence-electron chi connectivity index (χ0n) is 10.9. The SMILES string of the molecule is CNC(=O)CCn1c(CCCl)nc2cc(Cl)c(Cl)cc21. The van der Waals surface area contributed by atoms with E-state index in [1.807, 2.05) is 4.57 Å². The van der Waals surface area contributed by atoms with Crippen molar-refractivity contribution in [3.05, 3.63) is 28.0 Å². The summed E-state index contributed by atoms with van der Waals surface area (Å²) in [6, 6.07) is 3.50. The van der Waals surface area contributed by atoms with Crippen LogP contribution in [0.1, 0.15) is 12.2 Å². The molecule has 1 aromatic heterocycles. The van der Waals surface area contributed by atoms with Crippen molar-refractivity contribution in [3.8, 4) is 0 Å². The average Bonchev–Trinajstić information content (AvgIpc) is 2.74. The predicted molar refractivity (Wildman–Crippen MR) is 82.9 cm³/mol. The van der Waals surface area contributed by atoms with E-state index in [2.05, 4.69) is 10.3 Å². The molecule has 0 aliphatic heterocycles. The third kappa shape index (κ3) is 3.19. The second-order valence-corrected chi connectivity index (χ2v) is 5.49. The fourth-order valence-corrected chi connectivity index (χ4v) is 2.52. The zero-order valence-corrected chi connectivity index (χ0v) is 13.2. The Bertz CT molecular complexity index is 639. The Morgan fingerprint density at radius 2 is 2.05 bits per heavy atom. The van der Waals surface area contributed by atoms with Crippen molar-refractivity contribution in [2.24, 2.45) is 0 Å². The van der Waals surface area contributed by atoms with Crippen molar-refractivity contribution in [2.75, 3.05) is 12.9 Å². The van der Waals surface area contributed by atoms with Gasteiger partial charge in [0.2, 0.25) is 5.91 Å². The number of halogens is 3. The van der Waals surface area contributed by atoms with Crippen LogP contribution in [0.2, 0.25) is 10.0 Å². The first kappa shape index (κ1) is 15.4. The molecule has 7 heteroatoms. The minimum atomic E-state index is -0.0243. The number of rotatable bonds is 5. The lowest BCUT2D eigenvalue weighted by Crippen LogP contribution is -2.20. The molecule has 0 radical (unpaired) electrons. The number of amides is 1. The van der Waals surface area contributed by atoms with Crippen LogP contribution in [0.25, 0.3) is 11.0 Å². The van der Waals surface area contributed by atoms with Crippen LogP contribution in [0.5, 0.6) is 0 Å². The molecule has 2 rings (SSSR count). The molecule has 0 aliphatic carbocycles. The maximum absolute atomic E-state index is 11.4. The fourth-order valence-electron chi connectivity index (χ4n) is 2.03. The molecule has 2 aromatic rings. The van der Waals surface area contributed by atoms with E-state index in [9.17, 15) is 4.79 Å². The Kier molecular flexibility index (Phi) is 5.13. The lowest BCUT2D eigenvalue weighted by molar-refractivity contribution is -0.120. The van der Waals surface area contributed by atoms with E-state index >= 15 is 0 Å². The van der Waals surface area contributed by atoms with Crippen molar-refractivity contribution >= 4 is 51.7 Å². The van der Waals surface area contributed by atoms with Gasteiger partial charge in [-0.25, -0.2) is 4.98 Å². The minimum absolute atomic E-state index is 0.0243. The van der Waals surface area contributed by atoms with E-state index < -0.39 is 0 Å². The molecule has 0 saturated heterocycles. The van der Waals surface area contributed by atoms with Gasteiger partial charge in [-0.3, -0.25) is 4.79 Å². The summed E-state index contributed by atoms with van der Waals surface area (Å²) in [5.74, 6) is 1.27. The highest BCUT2D eigenvalue weighted by molar-refractivity contribution is 6.42. The van der Waals surface area contributed by atoms with Crippen LogP contribution in [-0.2, 0) is 17.8 Å².